The molecule has 0 radical (unpaired) electrons. The van der Waals surface area contributed by atoms with E-state index in [4.69, 9.17) is 9.47 Å². The first-order valence-electron chi connectivity index (χ1n) is 7.84. The number of ether oxygens (including phenoxy) is 2. The molecule has 0 atom stereocenters. The summed E-state index contributed by atoms with van der Waals surface area (Å²) in [4.78, 5) is 19.6. The van der Waals surface area contributed by atoms with Gasteiger partial charge >= 0.3 is 5.97 Å². The summed E-state index contributed by atoms with van der Waals surface area (Å²) in [5.74, 6) is 0.463. The minimum atomic E-state index is -0.351. The molecule has 0 saturated carbocycles. The lowest BCUT2D eigenvalue weighted by molar-refractivity contribution is 0.0601. The Morgan fingerprint density at radius 2 is 1.80 bits per heavy atom. The number of rotatable bonds is 3. The van der Waals surface area contributed by atoms with Crippen molar-refractivity contribution >= 4 is 27.8 Å². The molecule has 0 aliphatic carbocycles. The van der Waals surface area contributed by atoms with Crippen LogP contribution in [0.3, 0.4) is 0 Å². The van der Waals surface area contributed by atoms with Gasteiger partial charge in [0.1, 0.15) is 5.75 Å². The third-order valence-electron chi connectivity index (χ3n) is 4.31. The Hall–Kier alpha value is -3.34. The quantitative estimate of drug-likeness (QED) is 0.572. The topological polar surface area (TPSA) is 64.2 Å². The highest BCUT2D eigenvalue weighted by atomic mass is 16.5. The van der Waals surface area contributed by atoms with Crippen LogP contribution in [0.15, 0.2) is 54.7 Å². The summed E-state index contributed by atoms with van der Waals surface area (Å²) in [7, 11) is 3.03. The fourth-order valence-corrected chi connectivity index (χ4v) is 3.03. The first-order chi connectivity index (χ1) is 12.2. The lowest BCUT2D eigenvalue weighted by atomic mass is 10.1. The van der Waals surface area contributed by atoms with Crippen molar-refractivity contribution in [2.75, 3.05) is 14.2 Å². The SMILES string of the molecule is COC(=O)c1ccc(-c2nccc3c2[nH]c2ccc(OC)cc23)cc1. The molecule has 0 fully saturated rings. The van der Waals surface area contributed by atoms with E-state index in [1.165, 1.54) is 7.11 Å². The molecule has 5 nitrogen and oxygen atoms in total. The van der Waals surface area contributed by atoms with Crippen LogP contribution in [0.5, 0.6) is 5.75 Å². The number of carbonyl (C=O) groups is 1. The number of aromatic nitrogens is 2. The maximum Gasteiger partial charge on any atom is 0.337 e. The number of fused-ring (bicyclic) bond motifs is 3. The van der Waals surface area contributed by atoms with Crippen molar-refractivity contribution in [1.82, 2.24) is 9.97 Å². The smallest absolute Gasteiger partial charge is 0.337 e. The minimum Gasteiger partial charge on any atom is -0.497 e. The fourth-order valence-electron chi connectivity index (χ4n) is 3.03. The zero-order chi connectivity index (χ0) is 17.4. The van der Waals surface area contributed by atoms with Gasteiger partial charge in [0.05, 0.1) is 31.0 Å². The van der Waals surface area contributed by atoms with Gasteiger partial charge in [0.15, 0.2) is 0 Å². The number of esters is 1. The van der Waals surface area contributed by atoms with Crippen molar-refractivity contribution in [2.24, 2.45) is 0 Å². The number of pyridine rings is 1. The molecule has 5 heteroatoms. The molecule has 2 aromatic carbocycles. The molecule has 2 aromatic heterocycles. The summed E-state index contributed by atoms with van der Waals surface area (Å²) in [6.45, 7) is 0. The largest absolute Gasteiger partial charge is 0.497 e. The van der Waals surface area contributed by atoms with E-state index in [1.807, 2.05) is 36.4 Å². The Labute approximate surface area is 144 Å². The van der Waals surface area contributed by atoms with Crippen molar-refractivity contribution in [3.8, 4) is 17.0 Å². The van der Waals surface area contributed by atoms with Gasteiger partial charge in [0, 0.05) is 28.0 Å². The van der Waals surface area contributed by atoms with Crippen LogP contribution in [0.25, 0.3) is 33.1 Å². The predicted octanol–water partition coefficient (Wildman–Crippen LogP) is 4.18. The molecule has 0 bridgehead atoms. The molecule has 0 saturated heterocycles. The van der Waals surface area contributed by atoms with Crippen molar-refractivity contribution in [2.45, 2.75) is 0 Å². The number of hydrogen-bond acceptors (Lipinski definition) is 4. The number of carbonyl (C=O) groups excluding carboxylic acids is 1. The molecule has 2 heterocycles. The lowest BCUT2D eigenvalue weighted by Gasteiger charge is -2.04. The monoisotopic (exact) mass is 332 g/mol. The molecular weight excluding hydrogens is 316 g/mol. The van der Waals surface area contributed by atoms with E-state index in [9.17, 15) is 4.79 Å². The Bertz CT molecular complexity index is 1080. The third-order valence-corrected chi connectivity index (χ3v) is 4.31. The normalized spacial score (nSPS) is 11.0. The molecule has 4 rings (SSSR count). The van der Waals surface area contributed by atoms with Crippen LogP contribution in [0.1, 0.15) is 10.4 Å². The average molecular weight is 332 g/mol. The second-order valence-electron chi connectivity index (χ2n) is 5.69. The van der Waals surface area contributed by atoms with E-state index < -0.39 is 0 Å². The van der Waals surface area contributed by atoms with Gasteiger partial charge < -0.3 is 14.5 Å². The van der Waals surface area contributed by atoms with Crippen LogP contribution < -0.4 is 4.74 Å². The van der Waals surface area contributed by atoms with Crippen LogP contribution >= 0.6 is 0 Å². The van der Waals surface area contributed by atoms with Crippen molar-refractivity contribution < 1.29 is 14.3 Å². The maximum absolute atomic E-state index is 11.6. The number of nitrogens with one attached hydrogen (secondary N) is 1. The Morgan fingerprint density at radius 1 is 1.00 bits per heavy atom. The molecule has 124 valence electrons. The summed E-state index contributed by atoms with van der Waals surface area (Å²) < 4.78 is 10.1. The first-order valence-corrected chi connectivity index (χ1v) is 7.84. The van der Waals surface area contributed by atoms with Gasteiger partial charge in [0.2, 0.25) is 0 Å². The number of hydrogen-bond donors (Lipinski definition) is 1. The minimum absolute atomic E-state index is 0.351. The predicted molar refractivity (Wildman–Crippen MR) is 96.9 cm³/mol. The van der Waals surface area contributed by atoms with Crippen molar-refractivity contribution in [1.29, 1.82) is 0 Å². The summed E-state index contributed by atoms with van der Waals surface area (Å²) in [6.07, 6.45) is 1.79. The van der Waals surface area contributed by atoms with E-state index >= 15 is 0 Å². The van der Waals surface area contributed by atoms with E-state index in [0.717, 1.165) is 38.8 Å². The standard InChI is InChI=1S/C20H16N2O3/c1-24-14-7-8-17-16(11-14)15-9-10-21-18(19(15)22-17)12-3-5-13(6-4-12)20(23)25-2/h3-11,22H,1-2H3. The molecule has 0 spiro atoms. The van der Waals surface area contributed by atoms with Crippen molar-refractivity contribution in [3.63, 3.8) is 0 Å². The van der Waals surface area contributed by atoms with E-state index in [2.05, 4.69) is 9.97 Å². The van der Waals surface area contributed by atoms with Gasteiger partial charge in [-0.1, -0.05) is 12.1 Å². The van der Waals surface area contributed by atoms with E-state index in [-0.39, 0.29) is 5.97 Å². The molecule has 4 aromatic rings. The summed E-state index contributed by atoms with van der Waals surface area (Å²) in [5.41, 5.74) is 4.26. The average Bonchev–Trinajstić information content (AvgIpc) is 3.05. The lowest BCUT2D eigenvalue weighted by Crippen LogP contribution is -2.00. The summed E-state index contributed by atoms with van der Waals surface area (Å²) >= 11 is 0. The highest BCUT2D eigenvalue weighted by molar-refractivity contribution is 6.11. The van der Waals surface area contributed by atoms with Crippen LogP contribution in [0.4, 0.5) is 0 Å². The Balaban J connectivity index is 1.89. The zero-order valence-corrected chi connectivity index (χ0v) is 13.9. The number of methoxy groups -OCH3 is 2. The fraction of sp³-hybridized carbons (Fsp3) is 0.100. The maximum atomic E-state index is 11.6. The van der Waals surface area contributed by atoms with Crippen LogP contribution in [0, 0.1) is 0 Å². The highest BCUT2D eigenvalue weighted by Crippen LogP contribution is 2.33. The van der Waals surface area contributed by atoms with Gasteiger partial charge in [-0.3, -0.25) is 4.98 Å². The molecule has 0 amide bonds. The molecule has 0 unspecified atom stereocenters. The van der Waals surface area contributed by atoms with Crippen LogP contribution in [-0.2, 0) is 4.74 Å². The van der Waals surface area contributed by atoms with Crippen LogP contribution in [-0.4, -0.2) is 30.2 Å². The Morgan fingerprint density at radius 3 is 2.52 bits per heavy atom. The van der Waals surface area contributed by atoms with Gasteiger partial charge in [-0.25, -0.2) is 4.79 Å². The number of aromatic amines is 1. The van der Waals surface area contributed by atoms with E-state index in [0.29, 0.717) is 5.56 Å². The van der Waals surface area contributed by atoms with Crippen LogP contribution in [0.2, 0.25) is 0 Å². The first kappa shape index (κ1) is 15.2. The van der Waals surface area contributed by atoms with Gasteiger partial charge in [-0.15, -0.1) is 0 Å². The molecule has 25 heavy (non-hydrogen) atoms. The van der Waals surface area contributed by atoms with E-state index in [1.54, 1.807) is 25.4 Å². The second-order valence-corrected chi connectivity index (χ2v) is 5.69. The zero-order valence-electron chi connectivity index (χ0n) is 13.9. The molecule has 0 aliphatic heterocycles. The molecule has 0 aliphatic rings. The highest BCUT2D eigenvalue weighted by Gasteiger charge is 2.12. The number of benzene rings is 2. The Kier molecular flexibility index (Phi) is 3.61. The molecule has 1 N–H and O–H groups in total. The van der Waals surface area contributed by atoms with Gasteiger partial charge in [0.25, 0.3) is 0 Å². The third kappa shape index (κ3) is 2.50. The molecular formula is C20H16N2O3. The van der Waals surface area contributed by atoms with Gasteiger partial charge in [-0.2, -0.15) is 0 Å². The van der Waals surface area contributed by atoms with Crippen molar-refractivity contribution in [3.05, 3.63) is 60.3 Å². The summed E-state index contributed by atoms with van der Waals surface area (Å²) in [6, 6.07) is 15.2. The second kappa shape index (κ2) is 5.94. The van der Waals surface area contributed by atoms with Gasteiger partial charge in [-0.05, 0) is 36.4 Å². The number of nitrogens with zero attached hydrogens (tertiary/aromatic N) is 1. The summed E-state index contributed by atoms with van der Waals surface area (Å²) in [5, 5.41) is 2.17. The number of H-pyrrole nitrogens is 1.